The van der Waals surface area contributed by atoms with Gasteiger partial charge in [-0.2, -0.15) is 13.2 Å². The molecule has 1 saturated carbocycles. The van der Waals surface area contributed by atoms with E-state index >= 15 is 0 Å². The zero-order valence-electron chi connectivity index (χ0n) is 15.7. The lowest BCUT2D eigenvalue weighted by Gasteiger charge is -2.27. The third kappa shape index (κ3) is 5.69. The number of hydrogen-bond acceptors (Lipinski definition) is 4. The highest BCUT2D eigenvalue weighted by Crippen LogP contribution is 2.48. The Morgan fingerprint density at radius 2 is 1.70 bits per heavy atom. The van der Waals surface area contributed by atoms with Gasteiger partial charge < -0.3 is 15.2 Å². The van der Waals surface area contributed by atoms with E-state index in [0.717, 1.165) is 12.1 Å². The summed E-state index contributed by atoms with van der Waals surface area (Å²) in [5.74, 6) is -1.76. The number of carbonyl (C=O) groups excluding carboxylic acids is 2. The lowest BCUT2D eigenvalue weighted by atomic mass is 10.1. The van der Waals surface area contributed by atoms with Crippen molar-refractivity contribution in [2.24, 2.45) is 5.92 Å². The van der Waals surface area contributed by atoms with Gasteiger partial charge in [-0.3, -0.25) is 4.79 Å². The van der Waals surface area contributed by atoms with Crippen LogP contribution < -0.4 is 5.32 Å². The summed E-state index contributed by atoms with van der Waals surface area (Å²) in [5.41, 5.74) is -2.72. The maximum Gasteiger partial charge on any atom is 0.416 e. The van der Waals surface area contributed by atoms with E-state index in [0.29, 0.717) is 12.0 Å². The molecule has 5 nitrogen and oxygen atoms in total. The van der Waals surface area contributed by atoms with E-state index < -0.39 is 34.8 Å². The molecule has 1 aliphatic carbocycles. The minimum Gasteiger partial charge on any atom is -0.458 e. The van der Waals surface area contributed by atoms with Crippen LogP contribution in [0, 0.1) is 5.92 Å². The van der Waals surface area contributed by atoms with Crippen molar-refractivity contribution in [2.75, 3.05) is 6.54 Å². The average Bonchev–Trinajstić information content (AvgIpc) is 3.31. The number of benzene rings is 1. The molecule has 1 fully saturated rings. The molecule has 0 bridgehead atoms. The fourth-order valence-corrected chi connectivity index (χ4v) is 2.62. The summed E-state index contributed by atoms with van der Waals surface area (Å²) in [7, 11) is 0. The molecule has 27 heavy (non-hydrogen) atoms. The summed E-state index contributed by atoms with van der Waals surface area (Å²) in [5, 5.41) is 12.7. The Morgan fingerprint density at radius 3 is 2.19 bits per heavy atom. The highest BCUT2D eigenvalue weighted by atomic mass is 19.4. The molecule has 150 valence electrons. The molecule has 0 aliphatic heterocycles. The molecular weight excluding hydrogens is 363 g/mol. The van der Waals surface area contributed by atoms with Crippen molar-refractivity contribution in [3.05, 3.63) is 35.4 Å². The maximum absolute atomic E-state index is 12.6. The predicted molar refractivity (Wildman–Crippen MR) is 91.8 cm³/mol. The first-order valence-corrected chi connectivity index (χ1v) is 8.61. The average molecular weight is 387 g/mol. The van der Waals surface area contributed by atoms with Gasteiger partial charge in [-0.1, -0.05) is 12.1 Å². The van der Waals surface area contributed by atoms with Gasteiger partial charge in [0.2, 0.25) is 5.91 Å². The second-order valence-electron chi connectivity index (χ2n) is 8.06. The van der Waals surface area contributed by atoms with Gasteiger partial charge in [0.25, 0.3) is 0 Å². The normalized spacial score (nSPS) is 21.9. The number of aliphatic hydroxyl groups is 1. The Hall–Kier alpha value is -2.09. The summed E-state index contributed by atoms with van der Waals surface area (Å²) < 4.78 is 42.9. The monoisotopic (exact) mass is 387 g/mol. The molecule has 1 aromatic carbocycles. The third-order valence-corrected chi connectivity index (χ3v) is 4.24. The number of alkyl halides is 3. The van der Waals surface area contributed by atoms with Gasteiger partial charge in [-0.15, -0.1) is 0 Å². The molecule has 2 rings (SSSR count). The predicted octanol–water partition coefficient (Wildman–Crippen LogP) is 3.02. The van der Waals surface area contributed by atoms with Gasteiger partial charge in [0.1, 0.15) is 5.60 Å². The van der Waals surface area contributed by atoms with Crippen LogP contribution in [-0.2, 0) is 20.5 Å². The van der Waals surface area contributed by atoms with Crippen LogP contribution in [0.15, 0.2) is 24.3 Å². The fraction of sp³-hybridized carbons (Fsp3) is 0.579. The number of amides is 1. The van der Waals surface area contributed by atoms with Crippen LogP contribution in [0.4, 0.5) is 13.2 Å². The van der Waals surface area contributed by atoms with E-state index in [4.69, 9.17) is 4.74 Å². The number of ether oxygens (including phenoxy) is 1. The van der Waals surface area contributed by atoms with E-state index in [2.05, 4.69) is 5.32 Å². The van der Waals surface area contributed by atoms with Crippen LogP contribution in [0.25, 0.3) is 0 Å². The van der Waals surface area contributed by atoms with Gasteiger partial charge >= 0.3 is 12.1 Å². The van der Waals surface area contributed by atoms with Gasteiger partial charge in [-0.25, -0.2) is 4.79 Å². The standard InChI is InChI=1S/C19H24F3NO4/c1-17(2,3)27-16(25)18(4,26)10-23-15(24)14-9-13(14)11-5-7-12(8-6-11)19(20,21)22/h5-8,13-14,26H,9-10H2,1-4H3,(H,23,24)/t13-,14-,18-/m1/s1. The molecule has 1 aromatic rings. The van der Waals surface area contributed by atoms with Gasteiger partial charge in [0.15, 0.2) is 5.60 Å². The van der Waals surface area contributed by atoms with Crippen LogP contribution in [0.2, 0.25) is 0 Å². The molecule has 0 aromatic heterocycles. The molecule has 3 atom stereocenters. The number of halogens is 3. The SMILES string of the molecule is CC(C)(C)OC(=O)[C@](C)(O)CNC(=O)[C@@H]1C[C@@H]1c1ccc(C(F)(F)F)cc1. The molecular formula is C19H24F3NO4. The van der Waals surface area contributed by atoms with Crippen molar-refractivity contribution in [2.45, 2.75) is 57.4 Å². The molecule has 1 aliphatic rings. The lowest BCUT2D eigenvalue weighted by Crippen LogP contribution is -2.49. The number of esters is 1. The van der Waals surface area contributed by atoms with Crippen LogP contribution in [0.1, 0.15) is 51.2 Å². The first kappa shape index (κ1) is 21.2. The van der Waals surface area contributed by atoms with Crippen LogP contribution in [-0.4, -0.2) is 34.7 Å². The van der Waals surface area contributed by atoms with Crippen molar-refractivity contribution < 1.29 is 32.6 Å². The Balaban J connectivity index is 1.89. The Kier molecular flexibility index (Phi) is 5.61. The van der Waals surface area contributed by atoms with E-state index in [1.807, 2.05) is 0 Å². The summed E-state index contributed by atoms with van der Waals surface area (Å²) in [6.45, 7) is 5.94. The van der Waals surface area contributed by atoms with Gasteiger partial charge in [0.05, 0.1) is 12.1 Å². The number of hydrogen-bond donors (Lipinski definition) is 2. The van der Waals surface area contributed by atoms with Crippen molar-refractivity contribution in [1.29, 1.82) is 0 Å². The summed E-state index contributed by atoms with van der Waals surface area (Å²) in [6, 6.07) is 4.74. The molecule has 0 unspecified atom stereocenters. The zero-order chi connectivity index (χ0) is 20.6. The van der Waals surface area contributed by atoms with Crippen LogP contribution in [0.3, 0.4) is 0 Å². The molecule has 0 saturated heterocycles. The van der Waals surface area contributed by atoms with E-state index in [1.165, 1.54) is 19.1 Å². The highest BCUT2D eigenvalue weighted by molar-refractivity contribution is 5.85. The van der Waals surface area contributed by atoms with E-state index in [1.54, 1.807) is 20.8 Å². The Morgan fingerprint density at radius 1 is 1.15 bits per heavy atom. The first-order chi connectivity index (χ1) is 12.2. The number of carbonyl (C=O) groups is 2. The van der Waals surface area contributed by atoms with Crippen molar-refractivity contribution >= 4 is 11.9 Å². The minimum atomic E-state index is -4.40. The molecule has 8 heteroatoms. The minimum absolute atomic E-state index is 0.168. The van der Waals surface area contributed by atoms with Gasteiger partial charge in [-0.05, 0) is 57.7 Å². The molecule has 0 heterocycles. The van der Waals surface area contributed by atoms with Crippen molar-refractivity contribution in [3.8, 4) is 0 Å². The van der Waals surface area contributed by atoms with Crippen LogP contribution >= 0.6 is 0 Å². The van der Waals surface area contributed by atoms with Crippen LogP contribution in [0.5, 0.6) is 0 Å². The Labute approximate surface area is 155 Å². The summed E-state index contributed by atoms with van der Waals surface area (Å²) in [4.78, 5) is 24.2. The quantitative estimate of drug-likeness (QED) is 0.762. The molecule has 0 spiro atoms. The molecule has 0 radical (unpaired) electrons. The van der Waals surface area contributed by atoms with Gasteiger partial charge in [0, 0.05) is 5.92 Å². The van der Waals surface area contributed by atoms with Crippen molar-refractivity contribution in [1.82, 2.24) is 5.32 Å². The second kappa shape index (κ2) is 7.14. The highest BCUT2D eigenvalue weighted by Gasteiger charge is 2.45. The smallest absolute Gasteiger partial charge is 0.416 e. The number of rotatable bonds is 5. The lowest BCUT2D eigenvalue weighted by molar-refractivity contribution is -0.174. The topological polar surface area (TPSA) is 75.6 Å². The largest absolute Gasteiger partial charge is 0.458 e. The Bertz CT molecular complexity index is 705. The fourth-order valence-electron chi connectivity index (χ4n) is 2.62. The summed E-state index contributed by atoms with van der Waals surface area (Å²) >= 11 is 0. The molecule has 2 N–H and O–H groups in total. The number of nitrogens with one attached hydrogen (secondary N) is 1. The second-order valence-corrected chi connectivity index (χ2v) is 8.06. The van der Waals surface area contributed by atoms with E-state index in [9.17, 15) is 27.9 Å². The third-order valence-electron chi connectivity index (χ3n) is 4.24. The molecule has 1 amide bonds. The van der Waals surface area contributed by atoms with E-state index in [-0.39, 0.29) is 18.4 Å². The first-order valence-electron chi connectivity index (χ1n) is 8.61. The maximum atomic E-state index is 12.6. The van der Waals surface area contributed by atoms with Crippen molar-refractivity contribution in [3.63, 3.8) is 0 Å². The zero-order valence-corrected chi connectivity index (χ0v) is 15.7. The summed E-state index contributed by atoms with van der Waals surface area (Å²) in [6.07, 6.45) is -3.89.